The molecule has 1 unspecified atom stereocenters. The van der Waals surface area contributed by atoms with Crippen LogP contribution in [-0.4, -0.2) is 16.0 Å². The molecule has 0 spiro atoms. The van der Waals surface area contributed by atoms with Crippen LogP contribution in [0.15, 0.2) is 6.07 Å². The second-order valence-electron chi connectivity index (χ2n) is 4.56. The first-order valence-corrected chi connectivity index (χ1v) is 6.15. The summed E-state index contributed by atoms with van der Waals surface area (Å²) in [6.45, 7) is 8.33. The van der Waals surface area contributed by atoms with Crippen molar-refractivity contribution in [1.29, 1.82) is 0 Å². The van der Waals surface area contributed by atoms with E-state index in [0.29, 0.717) is 11.9 Å². The molecule has 1 aromatic rings. The predicted octanol–water partition coefficient (Wildman–Crippen LogP) is 3.12. The monoisotopic (exact) mass is 231 g/mol. The fourth-order valence-electron chi connectivity index (χ4n) is 1.59. The van der Waals surface area contributed by atoms with Crippen molar-refractivity contribution >= 4 is 5.95 Å². The van der Waals surface area contributed by atoms with Crippen molar-refractivity contribution in [3.05, 3.63) is 17.5 Å². The van der Waals surface area contributed by atoms with E-state index in [2.05, 4.69) is 42.0 Å². The molecule has 0 bridgehead atoms. The number of anilines is 1. The highest BCUT2D eigenvalue weighted by Gasteiger charge is 2.09. The Morgan fingerprint density at radius 3 is 2.65 bits per heavy atom. The van der Waals surface area contributed by atoms with Crippen LogP contribution in [0.2, 0.25) is 0 Å². The van der Waals surface area contributed by atoms with Gasteiger partial charge in [0, 0.05) is 11.4 Å². The smallest absolute Gasteiger partial charge is 0.224 e. The quantitative estimate of drug-likeness (QED) is 0.791. The van der Waals surface area contributed by atoms with Crippen LogP contribution in [-0.2, 0) is 0 Å². The van der Waals surface area contributed by atoms with E-state index in [0.717, 1.165) is 24.2 Å². The van der Waals surface area contributed by atoms with Crippen LogP contribution >= 0.6 is 0 Å². The number of aryl methyl sites for hydroxylation is 1. The van der Waals surface area contributed by atoms with Crippen molar-refractivity contribution < 1.29 is 0 Å². The van der Waals surface area contributed by atoms with Crippen molar-refractivity contribution in [2.24, 2.45) is 0 Å². The lowest BCUT2D eigenvalue weighted by atomic mass is 10.1. The first-order chi connectivity index (χ1) is 8.06. The molecular weight excluding hydrogens is 210 g/mol. The summed E-state index contributed by atoms with van der Waals surface area (Å²) >= 11 is 0. The Labute approximate surface area is 104 Å². The Bertz CT molecular complexity index is 404. The maximum Gasteiger partial charge on any atom is 0.224 e. The SMILES string of the molecule is C#CC(CCC)Nc1nc(C)cc(C(C)C)n1. The summed E-state index contributed by atoms with van der Waals surface area (Å²) in [5.41, 5.74) is 2.02. The number of hydrogen-bond acceptors (Lipinski definition) is 3. The van der Waals surface area contributed by atoms with E-state index in [9.17, 15) is 0 Å². The van der Waals surface area contributed by atoms with E-state index in [4.69, 9.17) is 6.42 Å². The van der Waals surface area contributed by atoms with Gasteiger partial charge in [-0.15, -0.1) is 6.42 Å². The maximum atomic E-state index is 5.47. The Morgan fingerprint density at radius 2 is 2.12 bits per heavy atom. The number of hydrogen-bond donors (Lipinski definition) is 1. The summed E-state index contributed by atoms with van der Waals surface area (Å²) in [6.07, 6.45) is 7.46. The van der Waals surface area contributed by atoms with E-state index in [1.807, 2.05) is 13.0 Å². The van der Waals surface area contributed by atoms with Crippen LogP contribution in [0.4, 0.5) is 5.95 Å². The highest BCUT2D eigenvalue weighted by atomic mass is 15.1. The number of rotatable bonds is 5. The maximum absolute atomic E-state index is 5.47. The van der Waals surface area contributed by atoms with Gasteiger partial charge in [0.05, 0.1) is 6.04 Å². The zero-order valence-electron chi connectivity index (χ0n) is 11.1. The normalized spacial score (nSPS) is 12.2. The summed E-state index contributed by atoms with van der Waals surface area (Å²) in [7, 11) is 0. The van der Waals surface area contributed by atoms with E-state index >= 15 is 0 Å². The fourth-order valence-corrected chi connectivity index (χ4v) is 1.59. The van der Waals surface area contributed by atoms with Gasteiger partial charge < -0.3 is 5.32 Å². The molecule has 1 rings (SSSR count). The van der Waals surface area contributed by atoms with E-state index in [1.165, 1.54) is 0 Å². The van der Waals surface area contributed by atoms with Gasteiger partial charge in [-0.2, -0.15) is 0 Å². The van der Waals surface area contributed by atoms with Crippen LogP contribution in [0.1, 0.15) is 50.9 Å². The second-order valence-corrected chi connectivity index (χ2v) is 4.56. The second kappa shape index (κ2) is 6.24. The molecule has 0 aliphatic heterocycles. The molecule has 1 N–H and O–H groups in total. The third-order valence-corrected chi connectivity index (χ3v) is 2.55. The van der Waals surface area contributed by atoms with Crippen LogP contribution in [0.3, 0.4) is 0 Å². The average Bonchev–Trinajstić information content (AvgIpc) is 2.27. The van der Waals surface area contributed by atoms with Gasteiger partial charge in [0.2, 0.25) is 5.95 Å². The van der Waals surface area contributed by atoms with Gasteiger partial charge in [-0.1, -0.05) is 33.1 Å². The number of nitrogens with one attached hydrogen (secondary N) is 1. The minimum Gasteiger partial charge on any atom is -0.341 e. The molecule has 1 atom stereocenters. The molecule has 3 heteroatoms. The molecule has 0 aromatic carbocycles. The lowest BCUT2D eigenvalue weighted by Crippen LogP contribution is -2.19. The first-order valence-electron chi connectivity index (χ1n) is 6.15. The van der Waals surface area contributed by atoms with E-state index in [1.54, 1.807) is 0 Å². The van der Waals surface area contributed by atoms with Crippen LogP contribution in [0.25, 0.3) is 0 Å². The molecule has 0 amide bonds. The number of nitrogens with zero attached hydrogens (tertiary/aromatic N) is 2. The summed E-state index contributed by atoms with van der Waals surface area (Å²) in [4.78, 5) is 8.85. The third kappa shape index (κ3) is 4.07. The summed E-state index contributed by atoms with van der Waals surface area (Å²) in [5.74, 6) is 3.77. The molecule has 1 heterocycles. The molecule has 1 aromatic heterocycles. The fraction of sp³-hybridized carbons (Fsp3) is 0.571. The predicted molar refractivity (Wildman–Crippen MR) is 72.0 cm³/mol. The zero-order valence-corrected chi connectivity index (χ0v) is 11.1. The zero-order chi connectivity index (χ0) is 12.8. The minimum absolute atomic E-state index is 0.0156. The largest absolute Gasteiger partial charge is 0.341 e. The molecule has 0 radical (unpaired) electrons. The van der Waals surface area contributed by atoms with Gasteiger partial charge in [-0.3, -0.25) is 0 Å². The average molecular weight is 231 g/mol. The number of terminal acetylenes is 1. The molecule has 0 aliphatic carbocycles. The topological polar surface area (TPSA) is 37.8 Å². The van der Waals surface area contributed by atoms with Gasteiger partial charge in [0.25, 0.3) is 0 Å². The third-order valence-electron chi connectivity index (χ3n) is 2.55. The van der Waals surface area contributed by atoms with Gasteiger partial charge >= 0.3 is 0 Å². The van der Waals surface area contributed by atoms with Gasteiger partial charge in [-0.05, 0) is 25.3 Å². The van der Waals surface area contributed by atoms with Crippen molar-refractivity contribution in [2.75, 3.05) is 5.32 Å². The van der Waals surface area contributed by atoms with Gasteiger partial charge in [-0.25, -0.2) is 9.97 Å². The van der Waals surface area contributed by atoms with Crippen molar-refractivity contribution in [1.82, 2.24) is 9.97 Å². The molecule has 3 nitrogen and oxygen atoms in total. The standard InChI is InChI=1S/C14H21N3/c1-6-8-12(7-2)16-14-15-11(5)9-13(17-14)10(3)4/h2,9-10,12H,6,8H2,1,3-5H3,(H,15,16,17). The lowest BCUT2D eigenvalue weighted by Gasteiger charge is -2.14. The summed E-state index contributed by atoms with van der Waals surface area (Å²) in [5, 5.41) is 3.21. The van der Waals surface area contributed by atoms with Crippen molar-refractivity contribution in [3.8, 4) is 12.3 Å². The van der Waals surface area contributed by atoms with Crippen molar-refractivity contribution in [2.45, 2.75) is 52.5 Å². The Hall–Kier alpha value is -1.56. The van der Waals surface area contributed by atoms with E-state index < -0.39 is 0 Å². The van der Waals surface area contributed by atoms with E-state index in [-0.39, 0.29) is 6.04 Å². The first kappa shape index (κ1) is 13.5. The number of aromatic nitrogens is 2. The molecule has 0 saturated carbocycles. The summed E-state index contributed by atoms with van der Waals surface area (Å²) < 4.78 is 0. The molecular formula is C14H21N3. The highest BCUT2D eigenvalue weighted by molar-refractivity contribution is 5.33. The Balaban J connectivity index is 2.87. The Morgan fingerprint density at radius 1 is 1.41 bits per heavy atom. The van der Waals surface area contributed by atoms with Gasteiger partial charge in [0.15, 0.2) is 0 Å². The molecule has 0 aliphatic rings. The van der Waals surface area contributed by atoms with Crippen LogP contribution in [0, 0.1) is 19.3 Å². The van der Waals surface area contributed by atoms with Gasteiger partial charge in [0.1, 0.15) is 0 Å². The van der Waals surface area contributed by atoms with Crippen LogP contribution in [0.5, 0.6) is 0 Å². The summed E-state index contributed by atoms with van der Waals surface area (Å²) in [6, 6.07) is 2.03. The molecule has 0 fully saturated rings. The molecule has 0 saturated heterocycles. The van der Waals surface area contributed by atoms with Crippen LogP contribution < -0.4 is 5.32 Å². The molecule has 92 valence electrons. The minimum atomic E-state index is 0.0156. The van der Waals surface area contributed by atoms with Crippen molar-refractivity contribution in [3.63, 3.8) is 0 Å². The lowest BCUT2D eigenvalue weighted by molar-refractivity contribution is 0.740. The Kier molecular flexibility index (Phi) is 4.96. The highest BCUT2D eigenvalue weighted by Crippen LogP contribution is 2.15. The molecule has 17 heavy (non-hydrogen) atoms.